The summed E-state index contributed by atoms with van der Waals surface area (Å²) in [5.41, 5.74) is 3.70. The minimum atomic E-state index is 0.105. The number of halogens is 1. The van der Waals surface area contributed by atoms with Crippen molar-refractivity contribution in [3.05, 3.63) is 48.5 Å². The average Bonchev–Trinajstić information content (AvgIpc) is 2.38. The van der Waals surface area contributed by atoms with E-state index in [-0.39, 0.29) is 17.0 Å². The SMILES string of the molecule is CN(C)c1ccccc1-c1cccc[c]1[1Pd][Cl]. The van der Waals surface area contributed by atoms with Crippen LogP contribution >= 0.6 is 9.53 Å². The maximum absolute atomic E-state index is 6.05. The first kappa shape index (κ1) is 12.6. The molecular formula is C14H14ClNPd. The zero-order valence-corrected chi connectivity index (χ0v) is 12.1. The molecule has 0 N–H and O–H groups in total. The molecule has 0 unspecified atom stereocenters. The van der Waals surface area contributed by atoms with E-state index in [4.69, 9.17) is 9.53 Å². The Morgan fingerprint density at radius 1 is 0.882 bits per heavy atom. The molecule has 2 aromatic carbocycles. The topological polar surface area (TPSA) is 3.24 Å². The van der Waals surface area contributed by atoms with Gasteiger partial charge in [-0.3, -0.25) is 0 Å². The quantitative estimate of drug-likeness (QED) is 0.735. The van der Waals surface area contributed by atoms with Crippen molar-refractivity contribution in [2.24, 2.45) is 0 Å². The molecule has 0 heterocycles. The third-order valence-electron chi connectivity index (χ3n) is 2.59. The van der Waals surface area contributed by atoms with Crippen LogP contribution in [0.3, 0.4) is 0 Å². The van der Waals surface area contributed by atoms with Crippen molar-refractivity contribution in [3.8, 4) is 11.1 Å². The zero-order chi connectivity index (χ0) is 12.3. The van der Waals surface area contributed by atoms with Gasteiger partial charge in [-0.1, -0.05) is 0 Å². The number of anilines is 1. The van der Waals surface area contributed by atoms with Crippen LogP contribution in [-0.2, 0) is 17.0 Å². The summed E-state index contributed by atoms with van der Waals surface area (Å²) in [5.74, 6) is 0. The van der Waals surface area contributed by atoms with Crippen LogP contribution in [-0.4, -0.2) is 14.1 Å². The number of benzene rings is 2. The molecule has 0 bridgehead atoms. The van der Waals surface area contributed by atoms with Crippen molar-refractivity contribution < 1.29 is 17.0 Å². The van der Waals surface area contributed by atoms with Gasteiger partial charge in [0.05, 0.1) is 0 Å². The summed E-state index contributed by atoms with van der Waals surface area (Å²) >= 11 is 0.105. The molecule has 92 valence electrons. The Bertz CT molecular complexity index is 511. The van der Waals surface area contributed by atoms with Crippen LogP contribution in [0.2, 0.25) is 0 Å². The number of hydrogen-bond donors (Lipinski definition) is 0. The van der Waals surface area contributed by atoms with E-state index in [9.17, 15) is 0 Å². The van der Waals surface area contributed by atoms with Gasteiger partial charge in [-0.15, -0.1) is 0 Å². The number of hydrogen-bond acceptors (Lipinski definition) is 1. The fraction of sp³-hybridized carbons (Fsp3) is 0.143. The van der Waals surface area contributed by atoms with Crippen LogP contribution in [0.15, 0.2) is 48.5 Å². The summed E-state index contributed by atoms with van der Waals surface area (Å²) in [5, 5.41) is 0. The average molecular weight is 233 g/mol. The van der Waals surface area contributed by atoms with Crippen molar-refractivity contribution >= 4 is 19.3 Å². The first-order chi connectivity index (χ1) is 8.24. The predicted octanol–water partition coefficient (Wildman–Crippen LogP) is 3.28. The molecule has 0 spiro atoms. The van der Waals surface area contributed by atoms with Crippen LogP contribution in [0.5, 0.6) is 0 Å². The van der Waals surface area contributed by atoms with Crippen LogP contribution < -0.4 is 8.94 Å². The van der Waals surface area contributed by atoms with Crippen molar-refractivity contribution in [3.63, 3.8) is 0 Å². The molecule has 0 atom stereocenters. The van der Waals surface area contributed by atoms with Crippen molar-refractivity contribution in [1.29, 1.82) is 0 Å². The predicted molar refractivity (Wildman–Crippen MR) is 71.7 cm³/mol. The molecular weight excluding hydrogens is 219 g/mol. The minimum absolute atomic E-state index is 0.105. The fourth-order valence-corrected chi connectivity index (χ4v) is 3.17. The molecule has 2 rings (SSSR count). The van der Waals surface area contributed by atoms with E-state index in [1.807, 2.05) is 6.07 Å². The monoisotopic (exact) mass is 232 g/mol. The van der Waals surface area contributed by atoms with Gasteiger partial charge in [-0.2, -0.15) is 0 Å². The van der Waals surface area contributed by atoms with Crippen LogP contribution in [0.25, 0.3) is 11.1 Å². The molecule has 0 radical (unpaired) electrons. The third-order valence-corrected chi connectivity index (χ3v) is 4.34. The van der Waals surface area contributed by atoms with E-state index < -0.39 is 0 Å². The first-order valence-electron chi connectivity index (χ1n) is 5.30. The zero-order valence-electron chi connectivity index (χ0n) is 9.76. The molecule has 0 fully saturated rings. The van der Waals surface area contributed by atoms with E-state index >= 15 is 0 Å². The fourth-order valence-electron chi connectivity index (χ4n) is 1.80. The molecule has 0 aliphatic heterocycles. The molecule has 0 saturated heterocycles. The number of rotatable bonds is 3. The number of nitrogens with zero attached hydrogens (tertiary/aromatic N) is 1. The molecule has 0 aromatic heterocycles. The maximum atomic E-state index is 6.05. The normalized spacial score (nSPS) is 10.5. The molecule has 1 nitrogen and oxygen atoms in total. The molecule has 3 heteroatoms. The van der Waals surface area contributed by atoms with Crippen molar-refractivity contribution in [1.82, 2.24) is 0 Å². The number of para-hydroxylation sites is 1. The second-order valence-electron chi connectivity index (χ2n) is 3.92. The summed E-state index contributed by atoms with van der Waals surface area (Å²) in [6.45, 7) is 0. The van der Waals surface area contributed by atoms with Crippen LogP contribution in [0.1, 0.15) is 0 Å². The van der Waals surface area contributed by atoms with Gasteiger partial charge in [0, 0.05) is 0 Å². The summed E-state index contributed by atoms with van der Waals surface area (Å²) in [6, 6.07) is 16.7. The second-order valence-corrected chi connectivity index (χ2v) is 5.76. The van der Waals surface area contributed by atoms with Gasteiger partial charge in [0.15, 0.2) is 0 Å². The van der Waals surface area contributed by atoms with Crippen LogP contribution in [0.4, 0.5) is 5.69 Å². The van der Waals surface area contributed by atoms with Gasteiger partial charge in [-0.25, -0.2) is 0 Å². The van der Waals surface area contributed by atoms with Gasteiger partial charge < -0.3 is 0 Å². The molecule has 0 aliphatic carbocycles. The van der Waals surface area contributed by atoms with Gasteiger partial charge >= 0.3 is 115 Å². The van der Waals surface area contributed by atoms with Gasteiger partial charge in [0.2, 0.25) is 0 Å². The molecule has 0 amide bonds. The Morgan fingerprint density at radius 2 is 1.47 bits per heavy atom. The van der Waals surface area contributed by atoms with E-state index in [1.54, 1.807) is 0 Å². The summed E-state index contributed by atoms with van der Waals surface area (Å²) in [7, 11) is 10.2. The Kier molecular flexibility index (Phi) is 4.23. The van der Waals surface area contributed by atoms with Gasteiger partial charge in [-0.05, 0) is 0 Å². The molecule has 0 saturated carbocycles. The second kappa shape index (κ2) is 5.69. The Balaban J connectivity index is 2.60. The van der Waals surface area contributed by atoms with Gasteiger partial charge in [0.25, 0.3) is 0 Å². The van der Waals surface area contributed by atoms with Gasteiger partial charge in [0.1, 0.15) is 0 Å². The van der Waals surface area contributed by atoms with Crippen molar-refractivity contribution in [2.75, 3.05) is 19.0 Å². The van der Waals surface area contributed by atoms with E-state index in [1.165, 1.54) is 20.9 Å². The van der Waals surface area contributed by atoms with E-state index in [2.05, 4.69) is 61.5 Å². The molecule has 2 aromatic rings. The van der Waals surface area contributed by atoms with E-state index in [0.29, 0.717) is 0 Å². The van der Waals surface area contributed by atoms with Crippen LogP contribution in [0, 0.1) is 0 Å². The Hall–Kier alpha value is -0.808. The Morgan fingerprint density at radius 3 is 2.12 bits per heavy atom. The third kappa shape index (κ3) is 2.72. The van der Waals surface area contributed by atoms with Crippen molar-refractivity contribution in [2.45, 2.75) is 0 Å². The molecule has 0 aliphatic rings. The first-order valence-corrected chi connectivity index (χ1v) is 8.08. The summed E-state index contributed by atoms with van der Waals surface area (Å²) in [4.78, 5) is 2.13. The van der Waals surface area contributed by atoms with E-state index in [0.717, 1.165) is 0 Å². The summed E-state index contributed by atoms with van der Waals surface area (Å²) < 4.78 is 1.22. The summed E-state index contributed by atoms with van der Waals surface area (Å²) in [6.07, 6.45) is 0. The Labute approximate surface area is 115 Å². The molecule has 17 heavy (non-hydrogen) atoms. The standard InChI is InChI=1S/C14H14N.ClH.Pd/c1-15(2)14-11-7-6-10-13(14)12-8-4-3-5-9-12;;/h3-8,10-11H,1-2H3;1H;/q;;+1/p-1/i;;1+61.